The minimum Gasteiger partial charge on any atom is -0.261 e. The summed E-state index contributed by atoms with van der Waals surface area (Å²) < 4.78 is 83.3. The Morgan fingerprint density at radius 2 is 1.67 bits per heavy atom. The van der Waals surface area contributed by atoms with Gasteiger partial charge in [-0.3, -0.25) is 4.18 Å². The van der Waals surface area contributed by atoms with Crippen LogP contribution >= 0.6 is 11.6 Å². The lowest BCUT2D eigenvalue weighted by Gasteiger charge is -2.17. The summed E-state index contributed by atoms with van der Waals surface area (Å²) >= 11 is 4.91. The van der Waals surface area contributed by atoms with Crippen LogP contribution in [0.3, 0.4) is 0 Å². The first-order valence-electron chi connectivity index (χ1n) is 3.35. The summed E-state index contributed by atoms with van der Waals surface area (Å²) in [4.78, 5) is 0. The molecule has 0 aliphatic carbocycles. The van der Waals surface area contributed by atoms with Gasteiger partial charge in [-0.2, -0.15) is 21.6 Å². The van der Waals surface area contributed by atoms with Gasteiger partial charge in [0.2, 0.25) is 0 Å². The maximum atomic E-state index is 12.3. The zero-order valence-electron chi connectivity index (χ0n) is 7.19. The van der Waals surface area contributed by atoms with Crippen molar-refractivity contribution in [1.82, 2.24) is 0 Å². The van der Waals surface area contributed by atoms with E-state index in [1.807, 2.05) is 0 Å². The van der Waals surface area contributed by atoms with Gasteiger partial charge in [0.1, 0.15) is 5.38 Å². The first-order chi connectivity index (χ1) is 6.38. The molecule has 15 heavy (non-hydrogen) atoms. The van der Waals surface area contributed by atoms with Crippen LogP contribution in [0.4, 0.5) is 22.0 Å². The largest absolute Gasteiger partial charge is 0.523 e. The lowest BCUT2D eigenvalue weighted by atomic mass is 10.3. The van der Waals surface area contributed by atoms with Crippen LogP contribution in [0.25, 0.3) is 0 Å². The molecule has 0 aliphatic rings. The number of hydrogen-bond acceptors (Lipinski definition) is 3. The molecule has 0 heterocycles. The zero-order valence-corrected chi connectivity index (χ0v) is 8.76. The van der Waals surface area contributed by atoms with Crippen molar-refractivity contribution in [3.63, 3.8) is 0 Å². The minimum absolute atomic E-state index is 0.328. The molecule has 0 saturated heterocycles. The van der Waals surface area contributed by atoms with Gasteiger partial charge in [0.15, 0.2) is 0 Å². The second-order valence-corrected chi connectivity index (χ2v) is 4.74. The van der Waals surface area contributed by atoms with Crippen molar-refractivity contribution < 1.29 is 34.6 Å². The zero-order chi connectivity index (χ0) is 12.5. The van der Waals surface area contributed by atoms with Crippen LogP contribution in [0.5, 0.6) is 0 Å². The van der Waals surface area contributed by atoms with E-state index in [4.69, 9.17) is 11.6 Å². The maximum Gasteiger partial charge on any atom is 0.523 e. The highest BCUT2D eigenvalue weighted by atomic mass is 35.5. The minimum atomic E-state index is -5.87. The lowest BCUT2D eigenvalue weighted by Crippen LogP contribution is -2.34. The quantitative estimate of drug-likeness (QED) is 0.342. The van der Waals surface area contributed by atoms with E-state index in [0.29, 0.717) is 6.92 Å². The van der Waals surface area contributed by atoms with Crippen molar-refractivity contribution in [3.8, 4) is 0 Å². The molecule has 0 aromatic heterocycles. The van der Waals surface area contributed by atoms with Crippen LogP contribution in [0.2, 0.25) is 0 Å². The molecule has 0 aromatic carbocycles. The normalized spacial score (nSPS) is 16.5. The third-order valence-corrected chi connectivity index (χ3v) is 2.73. The Labute approximate surface area is 87.3 Å². The lowest BCUT2D eigenvalue weighted by molar-refractivity contribution is -0.0569. The number of halogens is 6. The third-order valence-electron chi connectivity index (χ3n) is 1.20. The van der Waals surface area contributed by atoms with E-state index < -0.39 is 33.5 Å². The van der Waals surface area contributed by atoms with Crippen LogP contribution in [0.15, 0.2) is 0 Å². The number of rotatable bonds is 4. The monoisotopic (exact) mass is 276 g/mol. The van der Waals surface area contributed by atoms with Gasteiger partial charge in [0.05, 0.1) is 6.61 Å². The highest BCUT2D eigenvalue weighted by molar-refractivity contribution is 7.87. The van der Waals surface area contributed by atoms with Gasteiger partial charge in [0, 0.05) is 6.92 Å². The van der Waals surface area contributed by atoms with Gasteiger partial charge in [-0.25, -0.2) is 8.78 Å². The molecule has 0 bridgehead atoms. The summed E-state index contributed by atoms with van der Waals surface area (Å²) in [6.07, 6.45) is 0. The fourth-order valence-electron chi connectivity index (χ4n) is 0.362. The van der Waals surface area contributed by atoms with Gasteiger partial charge >= 0.3 is 15.6 Å². The molecule has 0 amide bonds. The average molecular weight is 277 g/mol. The molecule has 0 saturated carbocycles. The Kier molecular flexibility index (Phi) is 4.34. The second-order valence-electron chi connectivity index (χ2n) is 2.61. The molecule has 3 nitrogen and oxygen atoms in total. The van der Waals surface area contributed by atoms with Crippen molar-refractivity contribution in [2.45, 2.75) is 23.7 Å². The van der Waals surface area contributed by atoms with Gasteiger partial charge in [-0.1, -0.05) is 0 Å². The molecule has 0 spiro atoms. The number of hydrogen-bond donors (Lipinski definition) is 0. The smallest absolute Gasteiger partial charge is 0.261 e. The van der Waals surface area contributed by atoms with Crippen molar-refractivity contribution in [2.24, 2.45) is 0 Å². The molecular weight excluding hydrogens is 271 g/mol. The molecule has 0 N–H and O–H groups in total. The van der Waals surface area contributed by atoms with E-state index in [2.05, 4.69) is 4.18 Å². The molecule has 0 radical (unpaired) electrons. The third kappa shape index (κ3) is 4.47. The van der Waals surface area contributed by atoms with E-state index in [0.717, 1.165) is 0 Å². The van der Waals surface area contributed by atoms with Crippen LogP contribution in [0, 0.1) is 0 Å². The first kappa shape index (κ1) is 14.8. The fraction of sp³-hybridized carbons (Fsp3) is 1.00. The second kappa shape index (κ2) is 4.38. The van der Waals surface area contributed by atoms with E-state index in [-0.39, 0.29) is 0 Å². The number of alkyl halides is 6. The van der Waals surface area contributed by atoms with Crippen molar-refractivity contribution >= 4 is 21.7 Å². The average Bonchev–Trinajstić information content (AvgIpc) is 1.96. The molecule has 0 aliphatic heterocycles. The Morgan fingerprint density at radius 3 is 1.93 bits per heavy atom. The molecule has 1 unspecified atom stereocenters. The Bertz CT molecular complexity index is 306. The van der Waals surface area contributed by atoms with Crippen LogP contribution in [-0.2, 0) is 14.3 Å². The molecule has 10 heteroatoms. The predicted molar refractivity (Wildman–Crippen MR) is 41.2 cm³/mol. The Morgan fingerprint density at radius 1 is 1.27 bits per heavy atom. The fourth-order valence-corrected chi connectivity index (χ4v) is 0.949. The van der Waals surface area contributed by atoms with Crippen LogP contribution in [-0.4, -0.2) is 31.8 Å². The maximum absolute atomic E-state index is 12.3. The summed E-state index contributed by atoms with van der Waals surface area (Å²) in [6.45, 7) is -1.12. The summed E-state index contributed by atoms with van der Waals surface area (Å²) in [6, 6.07) is 0. The van der Waals surface area contributed by atoms with Crippen molar-refractivity contribution in [1.29, 1.82) is 0 Å². The van der Waals surface area contributed by atoms with E-state index >= 15 is 0 Å². The van der Waals surface area contributed by atoms with E-state index in [1.54, 1.807) is 0 Å². The molecule has 1 atom stereocenters. The van der Waals surface area contributed by atoms with Crippen LogP contribution in [0.1, 0.15) is 6.92 Å². The molecular formula is C5H6ClF5O3S. The molecule has 92 valence electrons. The standard InChI is InChI=1S/C5H6ClF5O3S/c1-4(7,8)3(6)2-14-15(12,13)5(9,10)11/h3H,2H2,1H3. The van der Waals surface area contributed by atoms with E-state index in [9.17, 15) is 30.4 Å². The first-order valence-corrected chi connectivity index (χ1v) is 5.20. The van der Waals surface area contributed by atoms with Crippen molar-refractivity contribution in [3.05, 3.63) is 0 Å². The van der Waals surface area contributed by atoms with Crippen molar-refractivity contribution in [2.75, 3.05) is 6.61 Å². The van der Waals surface area contributed by atoms with Gasteiger partial charge in [-0.05, 0) is 0 Å². The van der Waals surface area contributed by atoms with Gasteiger partial charge < -0.3 is 0 Å². The Balaban J connectivity index is 4.43. The topological polar surface area (TPSA) is 43.4 Å². The van der Waals surface area contributed by atoms with Crippen LogP contribution < -0.4 is 0 Å². The summed E-state index contributed by atoms with van der Waals surface area (Å²) in [5.74, 6) is -3.54. The van der Waals surface area contributed by atoms with E-state index in [1.165, 1.54) is 0 Å². The highest BCUT2D eigenvalue weighted by Crippen LogP contribution is 2.27. The molecule has 0 rings (SSSR count). The predicted octanol–water partition coefficient (Wildman–Crippen LogP) is 2.12. The molecule has 0 aromatic rings. The highest BCUT2D eigenvalue weighted by Gasteiger charge is 2.48. The summed E-state index contributed by atoms with van der Waals surface area (Å²) in [7, 11) is -5.87. The summed E-state index contributed by atoms with van der Waals surface area (Å²) in [5, 5.41) is -2.16. The molecule has 0 fully saturated rings. The SMILES string of the molecule is CC(F)(F)C(Cl)COS(=O)(=O)C(F)(F)F. The van der Waals surface area contributed by atoms with Gasteiger partial charge in [-0.15, -0.1) is 11.6 Å². The summed E-state index contributed by atoms with van der Waals surface area (Å²) in [5.41, 5.74) is -5.65. The Hall–Kier alpha value is -0.150. The van der Waals surface area contributed by atoms with Gasteiger partial charge in [0.25, 0.3) is 5.92 Å².